The third-order valence-electron chi connectivity index (χ3n) is 8.39. The van der Waals surface area contributed by atoms with Crippen molar-refractivity contribution < 1.29 is 22.7 Å². The Morgan fingerprint density at radius 3 is 2.11 bits per heavy atom. The van der Waals surface area contributed by atoms with Gasteiger partial charge in [0.25, 0.3) is 10.0 Å². The van der Waals surface area contributed by atoms with Crippen molar-refractivity contribution >= 4 is 27.5 Å². The van der Waals surface area contributed by atoms with Gasteiger partial charge < -0.3 is 4.74 Å². The summed E-state index contributed by atoms with van der Waals surface area (Å²) in [5, 5.41) is 8.75. The smallest absolute Gasteiger partial charge is 0.317 e. The molecule has 0 amide bonds. The highest BCUT2D eigenvalue weighted by Gasteiger charge is 2.49. The van der Waals surface area contributed by atoms with Gasteiger partial charge in [0.05, 0.1) is 5.56 Å². The summed E-state index contributed by atoms with van der Waals surface area (Å²) in [6.45, 7) is 1.90. The number of sulfonamides is 1. The number of cyclic esters (lactones) is 1. The number of hydrogen-bond donors (Lipinski definition) is 1. The van der Waals surface area contributed by atoms with Crippen LogP contribution in [-0.4, -0.2) is 30.8 Å². The third-order valence-corrected chi connectivity index (χ3v) is 9.69. The van der Waals surface area contributed by atoms with Gasteiger partial charge in [-0.15, -0.1) is 0 Å². The number of esters is 1. The molecule has 2 heterocycles. The van der Waals surface area contributed by atoms with Crippen LogP contribution in [0.15, 0.2) is 108 Å². The summed E-state index contributed by atoms with van der Waals surface area (Å²) in [4.78, 5) is 31.6. The second-order valence-corrected chi connectivity index (χ2v) is 13.1. The molecule has 230 valence electrons. The van der Waals surface area contributed by atoms with Crippen LogP contribution in [0.1, 0.15) is 60.8 Å². The molecule has 1 aliphatic heterocycles. The van der Waals surface area contributed by atoms with Crippen molar-refractivity contribution in [3.63, 3.8) is 0 Å². The van der Waals surface area contributed by atoms with Gasteiger partial charge in [-0.2, -0.15) is 13.7 Å². The Kier molecular flexibility index (Phi) is 9.74. The number of Topliss-reactive ketones (excluding diaryl/α,β-unsaturated/α-hetero) is 1. The highest BCUT2D eigenvalue weighted by atomic mass is 32.2. The van der Waals surface area contributed by atoms with Gasteiger partial charge >= 0.3 is 5.97 Å². The lowest BCUT2D eigenvalue weighted by Gasteiger charge is -2.41. The number of aromatic nitrogens is 1. The number of pyridine rings is 1. The fourth-order valence-corrected chi connectivity index (χ4v) is 6.99. The molecule has 2 atom stereocenters. The molecule has 0 radical (unpaired) electrons. The predicted octanol–water partition coefficient (Wildman–Crippen LogP) is 6.38. The van der Waals surface area contributed by atoms with Gasteiger partial charge in [-0.3, -0.25) is 14.3 Å². The summed E-state index contributed by atoms with van der Waals surface area (Å²) in [5.41, 5.74) is 2.49. The van der Waals surface area contributed by atoms with Crippen molar-refractivity contribution in [1.29, 1.82) is 5.26 Å². The molecule has 1 saturated heterocycles. The largest absolute Gasteiger partial charge is 0.458 e. The summed E-state index contributed by atoms with van der Waals surface area (Å²) < 4.78 is 34.8. The molecule has 2 unspecified atom stereocenters. The van der Waals surface area contributed by atoms with E-state index < -0.39 is 33.4 Å². The zero-order valence-electron chi connectivity index (χ0n) is 25.1. The maximum Gasteiger partial charge on any atom is 0.317 e. The molecule has 1 fully saturated rings. The Labute approximate surface area is 264 Å². The molecule has 0 bridgehead atoms. The average Bonchev–Trinajstić information content (AvgIpc) is 3.05. The summed E-state index contributed by atoms with van der Waals surface area (Å²) in [5.74, 6) is -2.19. The maximum atomic E-state index is 13.9. The van der Waals surface area contributed by atoms with Crippen molar-refractivity contribution in [3.05, 3.63) is 126 Å². The van der Waals surface area contributed by atoms with Gasteiger partial charge in [0.15, 0.2) is 10.8 Å². The standard InChI is InChI=1S/C36H35N3O5S/c1-2-31(29-14-9-15-30(22-29)39-45(42,43)33-17-16-28(24-37)25-38-33)34-32(40)23-36(44-35(34)41,20-18-26-10-5-3-6-11-26)21-19-27-12-7-4-8-13-27/h3-17,22,25,31,34,39H,2,18-21,23H2,1H3. The van der Waals surface area contributed by atoms with E-state index >= 15 is 0 Å². The fourth-order valence-electron chi connectivity index (χ4n) is 6.01. The Bertz CT molecular complexity index is 1720. The number of anilines is 1. The molecule has 0 saturated carbocycles. The number of nitrogens with zero attached hydrogens (tertiary/aromatic N) is 2. The zero-order valence-corrected chi connectivity index (χ0v) is 25.9. The number of nitriles is 1. The second-order valence-electron chi connectivity index (χ2n) is 11.4. The Hall–Kier alpha value is -4.81. The van der Waals surface area contributed by atoms with E-state index in [0.29, 0.717) is 37.7 Å². The predicted molar refractivity (Wildman–Crippen MR) is 171 cm³/mol. The van der Waals surface area contributed by atoms with E-state index in [-0.39, 0.29) is 28.5 Å². The second kappa shape index (κ2) is 13.9. The first-order valence-electron chi connectivity index (χ1n) is 15.0. The van der Waals surface area contributed by atoms with Crippen LogP contribution in [0.25, 0.3) is 0 Å². The number of ether oxygens (including phenoxy) is 1. The molecule has 1 N–H and O–H groups in total. The Morgan fingerprint density at radius 1 is 0.933 bits per heavy atom. The molecule has 8 nitrogen and oxygen atoms in total. The number of rotatable bonds is 12. The molecule has 0 aliphatic carbocycles. The quantitative estimate of drug-likeness (QED) is 0.144. The molecule has 9 heteroatoms. The number of carbonyl (C=O) groups excluding carboxylic acids is 2. The monoisotopic (exact) mass is 621 g/mol. The van der Waals surface area contributed by atoms with Crippen molar-refractivity contribution in [2.24, 2.45) is 5.92 Å². The van der Waals surface area contributed by atoms with E-state index in [0.717, 1.165) is 11.1 Å². The number of carbonyl (C=O) groups is 2. The van der Waals surface area contributed by atoms with Crippen LogP contribution in [0.3, 0.4) is 0 Å². The van der Waals surface area contributed by atoms with Gasteiger partial charge in [0.1, 0.15) is 17.6 Å². The Balaban J connectivity index is 1.36. The van der Waals surface area contributed by atoms with Crippen molar-refractivity contribution in [1.82, 2.24) is 4.98 Å². The number of aryl methyl sites for hydroxylation is 2. The molecule has 1 aliphatic rings. The summed E-state index contributed by atoms with van der Waals surface area (Å²) >= 11 is 0. The molecule has 3 aromatic carbocycles. The molecule has 4 aromatic rings. The SMILES string of the molecule is CCC(c1cccc(NS(=O)(=O)c2ccc(C#N)cn2)c1)C1C(=O)CC(CCc2ccccc2)(CCc2ccccc2)OC1=O. The minimum Gasteiger partial charge on any atom is -0.458 e. The van der Waals surface area contributed by atoms with Crippen molar-refractivity contribution in [2.75, 3.05) is 4.72 Å². The minimum atomic E-state index is -4.04. The topological polar surface area (TPSA) is 126 Å². The molecule has 0 spiro atoms. The summed E-state index contributed by atoms with van der Waals surface area (Å²) in [6.07, 6.45) is 4.20. The van der Waals surface area contributed by atoms with Crippen LogP contribution in [0.2, 0.25) is 0 Å². The third kappa shape index (κ3) is 7.65. The van der Waals surface area contributed by atoms with Crippen LogP contribution in [0.4, 0.5) is 5.69 Å². The summed E-state index contributed by atoms with van der Waals surface area (Å²) in [7, 11) is -4.04. The number of hydrogen-bond acceptors (Lipinski definition) is 7. The minimum absolute atomic E-state index is 0.121. The van der Waals surface area contributed by atoms with E-state index in [1.165, 1.54) is 18.3 Å². The van der Waals surface area contributed by atoms with Crippen LogP contribution in [0, 0.1) is 17.2 Å². The molecule has 5 rings (SSSR count). The molecule has 45 heavy (non-hydrogen) atoms. The van der Waals surface area contributed by atoms with Crippen LogP contribution in [-0.2, 0) is 37.2 Å². The van der Waals surface area contributed by atoms with E-state index in [1.54, 1.807) is 24.3 Å². The van der Waals surface area contributed by atoms with Crippen molar-refractivity contribution in [3.8, 4) is 6.07 Å². The first kappa shape index (κ1) is 31.6. The lowest BCUT2D eigenvalue weighted by molar-refractivity contribution is -0.180. The fraction of sp³-hybridized carbons (Fsp3) is 0.278. The van der Waals surface area contributed by atoms with Gasteiger partial charge in [0.2, 0.25) is 0 Å². The van der Waals surface area contributed by atoms with Gasteiger partial charge in [-0.05, 0) is 73.1 Å². The average molecular weight is 622 g/mol. The summed E-state index contributed by atoms with van der Waals surface area (Å²) in [6, 6.07) is 31.2. The van der Waals surface area contributed by atoms with E-state index in [2.05, 4.69) is 9.71 Å². The van der Waals surface area contributed by atoms with E-state index in [4.69, 9.17) is 10.00 Å². The normalized spacial score (nSPS) is 16.8. The first-order chi connectivity index (χ1) is 21.7. The maximum absolute atomic E-state index is 13.9. The highest BCUT2D eigenvalue weighted by molar-refractivity contribution is 7.92. The number of nitrogens with one attached hydrogen (secondary N) is 1. The van der Waals surface area contributed by atoms with Crippen LogP contribution in [0.5, 0.6) is 0 Å². The molecule has 1 aromatic heterocycles. The Morgan fingerprint density at radius 2 is 1.58 bits per heavy atom. The van der Waals surface area contributed by atoms with E-state index in [1.807, 2.05) is 73.7 Å². The zero-order chi connectivity index (χ0) is 31.9. The van der Waals surface area contributed by atoms with Gasteiger partial charge in [-0.25, -0.2) is 4.98 Å². The highest BCUT2D eigenvalue weighted by Crippen LogP contribution is 2.41. The van der Waals surface area contributed by atoms with Crippen LogP contribution < -0.4 is 4.72 Å². The number of ketones is 1. The van der Waals surface area contributed by atoms with E-state index in [9.17, 15) is 18.0 Å². The number of benzene rings is 3. The molecular weight excluding hydrogens is 586 g/mol. The van der Waals surface area contributed by atoms with Gasteiger partial charge in [0, 0.05) is 24.2 Å². The molecular formula is C36H35N3O5S. The first-order valence-corrected chi connectivity index (χ1v) is 16.5. The van der Waals surface area contributed by atoms with Gasteiger partial charge in [-0.1, -0.05) is 79.7 Å². The van der Waals surface area contributed by atoms with Crippen molar-refractivity contribution in [2.45, 2.75) is 62.0 Å². The lowest BCUT2D eigenvalue weighted by Crippen LogP contribution is -2.49. The lowest BCUT2D eigenvalue weighted by atomic mass is 9.74. The van der Waals surface area contributed by atoms with Crippen LogP contribution >= 0.6 is 0 Å².